The standard InChI is InChI=1S/C10H18Cl2O2/c1-2-3-4-5-6-7-14-10(13)9(12)8-11/h9H,2-8H2,1H3. The van der Waals surface area contributed by atoms with Gasteiger partial charge in [0.25, 0.3) is 0 Å². The van der Waals surface area contributed by atoms with Crippen molar-refractivity contribution in [2.45, 2.75) is 44.4 Å². The first kappa shape index (κ1) is 14.1. The third-order valence-electron chi connectivity index (χ3n) is 1.88. The van der Waals surface area contributed by atoms with E-state index in [4.69, 9.17) is 27.9 Å². The summed E-state index contributed by atoms with van der Waals surface area (Å²) in [6.45, 7) is 2.63. The molecule has 4 heteroatoms. The first-order valence-corrected chi connectivity index (χ1v) is 6.06. The van der Waals surface area contributed by atoms with Crippen molar-refractivity contribution in [2.24, 2.45) is 0 Å². The molecule has 0 amide bonds. The van der Waals surface area contributed by atoms with Crippen molar-refractivity contribution in [3.63, 3.8) is 0 Å². The lowest BCUT2D eigenvalue weighted by atomic mass is 10.2. The van der Waals surface area contributed by atoms with Gasteiger partial charge in [-0.15, -0.1) is 23.2 Å². The van der Waals surface area contributed by atoms with Crippen LogP contribution in [0.1, 0.15) is 39.0 Å². The highest BCUT2D eigenvalue weighted by Crippen LogP contribution is 2.05. The highest BCUT2D eigenvalue weighted by atomic mass is 35.5. The number of esters is 1. The SMILES string of the molecule is CCCCCCCOC(=O)C(Cl)CCl. The fourth-order valence-corrected chi connectivity index (χ4v) is 1.22. The molecule has 0 aromatic rings. The van der Waals surface area contributed by atoms with Crippen molar-refractivity contribution in [3.8, 4) is 0 Å². The van der Waals surface area contributed by atoms with Crippen molar-refractivity contribution >= 4 is 29.2 Å². The summed E-state index contributed by atoms with van der Waals surface area (Å²) in [4.78, 5) is 11.0. The van der Waals surface area contributed by atoms with E-state index in [1.807, 2.05) is 0 Å². The molecule has 14 heavy (non-hydrogen) atoms. The summed E-state index contributed by atoms with van der Waals surface area (Å²) in [6, 6.07) is 0. The van der Waals surface area contributed by atoms with Crippen LogP contribution in [0.15, 0.2) is 0 Å². The molecule has 1 unspecified atom stereocenters. The third kappa shape index (κ3) is 7.45. The molecular weight excluding hydrogens is 223 g/mol. The lowest BCUT2D eigenvalue weighted by molar-refractivity contribution is -0.142. The normalized spacial score (nSPS) is 12.5. The fourth-order valence-electron chi connectivity index (χ4n) is 1.03. The second-order valence-electron chi connectivity index (χ2n) is 3.20. The lowest BCUT2D eigenvalue weighted by Crippen LogP contribution is -2.19. The van der Waals surface area contributed by atoms with Crippen LogP contribution < -0.4 is 0 Å². The number of carbonyl (C=O) groups excluding carboxylic acids is 1. The Bertz CT molecular complexity index is 151. The first-order valence-electron chi connectivity index (χ1n) is 5.09. The van der Waals surface area contributed by atoms with Crippen LogP contribution in [0.2, 0.25) is 0 Å². The number of hydrogen-bond donors (Lipinski definition) is 0. The van der Waals surface area contributed by atoms with E-state index in [2.05, 4.69) is 6.92 Å². The molecule has 0 fully saturated rings. The van der Waals surface area contributed by atoms with Gasteiger partial charge in [-0.05, 0) is 6.42 Å². The zero-order valence-corrected chi connectivity index (χ0v) is 10.1. The monoisotopic (exact) mass is 240 g/mol. The molecule has 0 radical (unpaired) electrons. The maximum atomic E-state index is 11.0. The van der Waals surface area contributed by atoms with E-state index in [9.17, 15) is 4.79 Å². The summed E-state index contributed by atoms with van der Waals surface area (Å²) in [5.74, 6) is -0.298. The molecule has 0 rings (SSSR count). The van der Waals surface area contributed by atoms with Crippen molar-refractivity contribution < 1.29 is 9.53 Å². The highest BCUT2D eigenvalue weighted by molar-refractivity contribution is 6.35. The second-order valence-corrected chi connectivity index (χ2v) is 4.04. The number of halogens is 2. The Hall–Kier alpha value is 0.0500. The minimum Gasteiger partial charge on any atom is -0.465 e. The predicted molar refractivity (Wildman–Crippen MR) is 60.1 cm³/mol. The summed E-state index contributed by atoms with van der Waals surface area (Å²) in [6.07, 6.45) is 5.68. The van der Waals surface area contributed by atoms with Crippen LogP contribution in [-0.2, 0) is 9.53 Å². The molecule has 0 aromatic heterocycles. The Morgan fingerprint density at radius 3 is 2.50 bits per heavy atom. The van der Waals surface area contributed by atoms with Crippen LogP contribution in [0, 0.1) is 0 Å². The molecule has 1 atom stereocenters. The Kier molecular flexibility index (Phi) is 9.63. The number of rotatable bonds is 8. The molecule has 0 N–H and O–H groups in total. The topological polar surface area (TPSA) is 26.3 Å². The minimum atomic E-state index is -0.702. The van der Waals surface area contributed by atoms with Gasteiger partial charge in [0.2, 0.25) is 0 Å². The van der Waals surface area contributed by atoms with E-state index in [1.165, 1.54) is 19.3 Å². The van der Waals surface area contributed by atoms with Gasteiger partial charge in [0.1, 0.15) is 5.38 Å². The molecular formula is C10H18Cl2O2. The average molecular weight is 241 g/mol. The van der Waals surface area contributed by atoms with Gasteiger partial charge in [-0.25, -0.2) is 0 Å². The number of hydrogen-bond acceptors (Lipinski definition) is 2. The molecule has 0 aliphatic rings. The maximum absolute atomic E-state index is 11.0. The molecule has 84 valence electrons. The Balaban J connectivity index is 3.23. The number of carbonyl (C=O) groups is 1. The van der Waals surface area contributed by atoms with Crippen LogP contribution in [-0.4, -0.2) is 23.8 Å². The third-order valence-corrected chi connectivity index (χ3v) is 2.68. The summed E-state index contributed by atoms with van der Waals surface area (Å²) in [5.41, 5.74) is 0. The molecule has 0 aliphatic carbocycles. The van der Waals surface area contributed by atoms with Crippen LogP contribution >= 0.6 is 23.2 Å². The molecule has 0 heterocycles. The minimum absolute atomic E-state index is 0.107. The van der Waals surface area contributed by atoms with Gasteiger partial charge in [0.05, 0.1) is 6.61 Å². The van der Waals surface area contributed by atoms with Gasteiger partial charge in [0.15, 0.2) is 0 Å². The number of unbranched alkanes of at least 4 members (excludes halogenated alkanes) is 4. The number of ether oxygens (including phenoxy) is 1. The van der Waals surface area contributed by atoms with Crippen molar-refractivity contribution in [3.05, 3.63) is 0 Å². The molecule has 0 aliphatic heterocycles. The summed E-state index contributed by atoms with van der Waals surface area (Å²) < 4.78 is 4.92. The zero-order valence-electron chi connectivity index (χ0n) is 8.60. The van der Waals surface area contributed by atoms with Gasteiger partial charge in [-0.1, -0.05) is 32.6 Å². The molecule has 0 saturated carbocycles. The van der Waals surface area contributed by atoms with E-state index >= 15 is 0 Å². The maximum Gasteiger partial charge on any atom is 0.325 e. The van der Waals surface area contributed by atoms with Gasteiger partial charge in [-0.2, -0.15) is 0 Å². The second kappa shape index (κ2) is 9.60. The average Bonchev–Trinajstić information content (AvgIpc) is 2.21. The molecule has 0 spiro atoms. The summed E-state index contributed by atoms with van der Waals surface area (Å²) in [5, 5.41) is -0.702. The van der Waals surface area contributed by atoms with Crippen LogP contribution in [0.3, 0.4) is 0 Å². The van der Waals surface area contributed by atoms with Crippen LogP contribution in [0.25, 0.3) is 0 Å². The van der Waals surface area contributed by atoms with Crippen LogP contribution in [0.5, 0.6) is 0 Å². The van der Waals surface area contributed by atoms with Crippen molar-refractivity contribution in [2.75, 3.05) is 12.5 Å². The summed E-state index contributed by atoms with van der Waals surface area (Å²) >= 11 is 11.0. The van der Waals surface area contributed by atoms with Crippen LogP contribution in [0.4, 0.5) is 0 Å². The summed E-state index contributed by atoms with van der Waals surface area (Å²) in [7, 11) is 0. The first-order chi connectivity index (χ1) is 6.72. The van der Waals surface area contributed by atoms with E-state index in [1.54, 1.807) is 0 Å². The zero-order chi connectivity index (χ0) is 10.8. The lowest BCUT2D eigenvalue weighted by Gasteiger charge is -2.06. The number of alkyl halides is 2. The van der Waals surface area contributed by atoms with Gasteiger partial charge in [0, 0.05) is 5.88 Å². The van der Waals surface area contributed by atoms with Crippen molar-refractivity contribution in [1.29, 1.82) is 0 Å². The van der Waals surface area contributed by atoms with Crippen molar-refractivity contribution in [1.82, 2.24) is 0 Å². The fraction of sp³-hybridized carbons (Fsp3) is 0.900. The molecule has 2 nitrogen and oxygen atoms in total. The van der Waals surface area contributed by atoms with Gasteiger partial charge < -0.3 is 4.74 Å². The van der Waals surface area contributed by atoms with E-state index in [0.29, 0.717) is 6.61 Å². The van der Waals surface area contributed by atoms with E-state index in [-0.39, 0.29) is 5.88 Å². The highest BCUT2D eigenvalue weighted by Gasteiger charge is 2.14. The Morgan fingerprint density at radius 2 is 1.93 bits per heavy atom. The van der Waals surface area contributed by atoms with E-state index in [0.717, 1.165) is 12.8 Å². The van der Waals surface area contributed by atoms with Gasteiger partial charge in [-0.3, -0.25) is 4.79 Å². The molecule has 0 bridgehead atoms. The quantitative estimate of drug-likeness (QED) is 0.370. The van der Waals surface area contributed by atoms with Gasteiger partial charge >= 0.3 is 5.97 Å². The van der Waals surface area contributed by atoms with E-state index < -0.39 is 11.3 Å². The smallest absolute Gasteiger partial charge is 0.325 e. The molecule has 0 aromatic carbocycles. The Labute approximate surface area is 95.9 Å². The Morgan fingerprint density at radius 1 is 1.29 bits per heavy atom. The predicted octanol–water partition coefficient (Wildman–Crippen LogP) is 3.35. The largest absolute Gasteiger partial charge is 0.465 e. The molecule has 0 saturated heterocycles.